The second-order valence-corrected chi connectivity index (χ2v) is 4.46. The fourth-order valence-electron chi connectivity index (χ4n) is 1.49. The second kappa shape index (κ2) is 8.33. The van der Waals surface area contributed by atoms with Gasteiger partial charge in [0.2, 0.25) is 5.91 Å². The van der Waals surface area contributed by atoms with Crippen LogP contribution in [0, 0.1) is 0 Å². The second-order valence-electron chi connectivity index (χ2n) is 4.03. The topological polar surface area (TPSA) is 29.1 Å². The normalized spacial score (nSPS) is 11.6. The number of amides is 1. The van der Waals surface area contributed by atoms with E-state index >= 15 is 0 Å². The molecule has 0 saturated carbocycles. The van der Waals surface area contributed by atoms with Gasteiger partial charge in [0, 0.05) is 17.1 Å². The maximum Gasteiger partial charge on any atom is 0.224 e. The van der Waals surface area contributed by atoms with Crippen LogP contribution in [-0.4, -0.2) is 5.91 Å². The van der Waals surface area contributed by atoms with Gasteiger partial charge in [-0.25, -0.2) is 0 Å². The van der Waals surface area contributed by atoms with Crippen LogP contribution >= 0.6 is 11.6 Å². The summed E-state index contributed by atoms with van der Waals surface area (Å²) in [5.74, 6) is -0.0180. The van der Waals surface area contributed by atoms with E-state index in [0.29, 0.717) is 17.9 Å². The van der Waals surface area contributed by atoms with Gasteiger partial charge in [-0.05, 0) is 43.2 Å². The Labute approximate surface area is 119 Å². The van der Waals surface area contributed by atoms with Gasteiger partial charge in [-0.1, -0.05) is 42.5 Å². The lowest BCUT2D eigenvalue weighted by Crippen LogP contribution is -2.11. The van der Waals surface area contributed by atoms with Crippen molar-refractivity contribution in [2.45, 2.75) is 19.8 Å². The highest BCUT2D eigenvalue weighted by Crippen LogP contribution is 2.14. The van der Waals surface area contributed by atoms with E-state index in [0.717, 1.165) is 11.3 Å². The quantitative estimate of drug-likeness (QED) is 0.746. The molecule has 3 heteroatoms. The van der Waals surface area contributed by atoms with Crippen LogP contribution in [0.2, 0.25) is 5.02 Å². The van der Waals surface area contributed by atoms with Gasteiger partial charge in [0.05, 0.1) is 0 Å². The molecule has 1 amide bonds. The highest BCUT2D eigenvalue weighted by Gasteiger charge is 2.03. The SMILES string of the molecule is C=CC(=CC=CC)CCC(=O)Nc1ccc(Cl)cc1. The third kappa shape index (κ3) is 6.07. The van der Waals surface area contributed by atoms with Crippen molar-refractivity contribution in [1.29, 1.82) is 0 Å². The van der Waals surface area contributed by atoms with Gasteiger partial charge < -0.3 is 5.32 Å². The molecule has 0 unspecified atom stereocenters. The lowest BCUT2D eigenvalue weighted by atomic mass is 10.1. The summed E-state index contributed by atoms with van der Waals surface area (Å²) in [6.45, 7) is 5.69. The van der Waals surface area contributed by atoms with Crippen LogP contribution < -0.4 is 5.32 Å². The van der Waals surface area contributed by atoms with Crippen LogP contribution in [0.1, 0.15) is 19.8 Å². The zero-order valence-corrected chi connectivity index (χ0v) is 11.8. The predicted octanol–water partition coefficient (Wildman–Crippen LogP) is 4.75. The first-order valence-corrected chi connectivity index (χ1v) is 6.53. The standard InChI is InChI=1S/C16H18ClNO/c1-3-5-6-13(4-2)7-12-16(19)18-15-10-8-14(17)9-11-15/h3-6,8-11H,2,7,12H2,1H3,(H,18,19). The molecule has 0 saturated heterocycles. The van der Waals surface area contributed by atoms with E-state index in [-0.39, 0.29) is 5.91 Å². The van der Waals surface area contributed by atoms with Crippen molar-refractivity contribution in [3.63, 3.8) is 0 Å². The molecular weight excluding hydrogens is 258 g/mol. The highest BCUT2D eigenvalue weighted by molar-refractivity contribution is 6.30. The van der Waals surface area contributed by atoms with Crippen molar-refractivity contribution in [2.24, 2.45) is 0 Å². The Hall–Kier alpha value is -1.80. The Morgan fingerprint density at radius 1 is 1.32 bits per heavy atom. The molecule has 0 fully saturated rings. The van der Waals surface area contributed by atoms with E-state index in [2.05, 4.69) is 11.9 Å². The number of hydrogen-bond acceptors (Lipinski definition) is 1. The average Bonchev–Trinajstić information content (AvgIpc) is 2.42. The van der Waals surface area contributed by atoms with Gasteiger partial charge >= 0.3 is 0 Å². The summed E-state index contributed by atoms with van der Waals surface area (Å²) < 4.78 is 0. The van der Waals surface area contributed by atoms with Crippen molar-refractivity contribution in [3.8, 4) is 0 Å². The van der Waals surface area contributed by atoms with Crippen molar-refractivity contribution in [1.82, 2.24) is 0 Å². The molecule has 0 atom stereocenters. The van der Waals surface area contributed by atoms with Crippen LogP contribution in [0.25, 0.3) is 0 Å². The number of carbonyl (C=O) groups excluding carboxylic acids is 1. The van der Waals surface area contributed by atoms with Crippen molar-refractivity contribution >= 4 is 23.2 Å². The highest BCUT2D eigenvalue weighted by atomic mass is 35.5. The molecule has 1 N–H and O–H groups in total. The Bertz CT molecular complexity index is 486. The third-order valence-electron chi connectivity index (χ3n) is 2.53. The zero-order chi connectivity index (χ0) is 14.1. The van der Waals surface area contributed by atoms with Crippen molar-refractivity contribution in [3.05, 3.63) is 65.7 Å². The van der Waals surface area contributed by atoms with Gasteiger partial charge in [0.15, 0.2) is 0 Å². The van der Waals surface area contributed by atoms with Crippen molar-refractivity contribution < 1.29 is 4.79 Å². The molecule has 0 aliphatic carbocycles. The Morgan fingerprint density at radius 2 is 2.00 bits per heavy atom. The Kier molecular flexibility index (Phi) is 6.69. The number of hydrogen-bond donors (Lipinski definition) is 1. The minimum atomic E-state index is -0.0180. The molecule has 0 heterocycles. The number of anilines is 1. The molecule has 0 aliphatic heterocycles. The lowest BCUT2D eigenvalue weighted by molar-refractivity contribution is -0.116. The Balaban J connectivity index is 2.47. The predicted molar refractivity (Wildman–Crippen MR) is 82.4 cm³/mol. The number of allylic oxidation sites excluding steroid dienone is 5. The molecule has 1 rings (SSSR count). The molecular formula is C16H18ClNO. The molecule has 0 aliphatic rings. The van der Waals surface area contributed by atoms with E-state index < -0.39 is 0 Å². The van der Waals surface area contributed by atoms with Gasteiger partial charge in [0.1, 0.15) is 0 Å². The summed E-state index contributed by atoms with van der Waals surface area (Å²) in [7, 11) is 0. The van der Waals surface area contributed by atoms with E-state index in [1.165, 1.54) is 0 Å². The summed E-state index contributed by atoms with van der Waals surface area (Å²) in [6.07, 6.45) is 8.72. The fraction of sp³-hybridized carbons (Fsp3) is 0.188. The van der Waals surface area contributed by atoms with Gasteiger partial charge in [0.25, 0.3) is 0 Å². The number of rotatable bonds is 6. The molecule has 0 spiro atoms. The first kappa shape index (κ1) is 15.3. The van der Waals surface area contributed by atoms with Crippen LogP contribution in [0.4, 0.5) is 5.69 Å². The van der Waals surface area contributed by atoms with Crippen LogP contribution in [0.3, 0.4) is 0 Å². The number of nitrogens with one attached hydrogen (secondary N) is 1. The first-order valence-electron chi connectivity index (χ1n) is 6.15. The number of halogens is 1. The molecule has 0 radical (unpaired) electrons. The minimum absolute atomic E-state index is 0.0180. The van der Waals surface area contributed by atoms with Gasteiger partial charge in [-0.15, -0.1) is 0 Å². The number of carbonyl (C=O) groups is 1. The van der Waals surface area contributed by atoms with E-state index in [4.69, 9.17) is 11.6 Å². The van der Waals surface area contributed by atoms with E-state index in [1.54, 1.807) is 30.3 Å². The minimum Gasteiger partial charge on any atom is -0.326 e. The van der Waals surface area contributed by atoms with Crippen molar-refractivity contribution in [2.75, 3.05) is 5.32 Å². The molecule has 1 aromatic rings. The van der Waals surface area contributed by atoms with Gasteiger partial charge in [-0.3, -0.25) is 4.79 Å². The molecule has 1 aromatic carbocycles. The third-order valence-corrected chi connectivity index (χ3v) is 2.79. The summed E-state index contributed by atoms with van der Waals surface area (Å²) >= 11 is 5.78. The molecule has 0 bridgehead atoms. The van der Waals surface area contributed by atoms with Crippen LogP contribution in [-0.2, 0) is 4.79 Å². The largest absolute Gasteiger partial charge is 0.326 e. The summed E-state index contributed by atoms with van der Waals surface area (Å²) in [5.41, 5.74) is 1.80. The summed E-state index contributed by atoms with van der Waals surface area (Å²) in [6, 6.07) is 7.06. The Morgan fingerprint density at radius 3 is 2.58 bits per heavy atom. The molecule has 2 nitrogen and oxygen atoms in total. The first-order chi connectivity index (χ1) is 9.15. The maximum atomic E-state index is 11.8. The lowest BCUT2D eigenvalue weighted by Gasteiger charge is -2.05. The van der Waals surface area contributed by atoms with Crippen LogP contribution in [0.15, 0.2) is 60.7 Å². The summed E-state index contributed by atoms with van der Waals surface area (Å²) in [4.78, 5) is 11.8. The number of benzene rings is 1. The maximum absolute atomic E-state index is 11.8. The zero-order valence-electron chi connectivity index (χ0n) is 11.0. The smallest absolute Gasteiger partial charge is 0.224 e. The molecule has 19 heavy (non-hydrogen) atoms. The molecule has 0 aromatic heterocycles. The fourth-order valence-corrected chi connectivity index (χ4v) is 1.61. The van der Waals surface area contributed by atoms with E-state index in [9.17, 15) is 4.79 Å². The molecule has 100 valence electrons. The van der Waals surface area contributed by atoms with E-state index in [1.807, 2.05) is 25.2 Å². The van der Waals surface area contributed by atoms with Gasteiger partial charge in [-0.2, -0.15) is 0 Å². The summed E-state index contributed by atoms with van der Waals surface area (Å²) in [5, 5.41) is 3.48. The van der Waals surface area contributed by atoms with Crippen LogP contribution in [0.5, 0.6) is 0 Å². The average molecular weight is 276 g/mol. The monoisotopic (exact) mass is 275 g/mol.